The number of hydrogen-bond acceptors (Lipinski definition) is 3. The molecule has 0 amide bonds. The first-order chi connectivity index (χ1) is 7.64. The second kappa shape index (κ2) is 6.24. The summed E-state index contributed by atoms with van der Waals surface area (Å²) in [5, 5.41) is 10.6. The summed E-state index contributed by atoms with van der Waals surface area (Å²) < 4.78 is 5.06. The second-order valence-electron chi connectivity index (χ2n) is 4.73. The van der Waals surface area contributed by atoms with Crippen molar-refractivity contribution in [2.45, 2.75) is 64.4 Å². The third kappa shape index (κ3) is 3.21. The minimum Gasteiger partial charge on any atom is -0.466 e. The summed E-state index contributed by atoms with van der Waals surface area (Å²) in [4.78, 5) is 11.8. The SMILES string of the molecule is CCOC(=O)C(CC)C1(O)CCCCCC1. The van der Waals surface area contributed by atoms with E-state index in [1.807, 2.05) is 13.8 Å². The van der Waals surface area contributed by atoms with Gasteiger partial charge in [0.25, 0.3) is 0 Å². The zero-order chi connectivity index (χ0) is 12.0. The third-order valence-corrected chi connectivity index (χ3v) is 3.60. The fraction of sp³-hybridized carbons (Fsp3) is 0.923. The summed E-state index contributed by atoms with van der Waals surface area (Å²) in [7, 11) is 0. The van der Waals surface area contributed by atoms with Crippen LogP contribution in [0.25, 0.3) is 0 Å². The van der Waals surface area contributed by atoms with Gasteiger partial charge in [-0.25, -0.2) is 0 Å². The van der Waals surface area contributed by atoms with E-state index in [0.29, 0.717) is 13.0 Å². The highest BCUT2D eigenvalue weighted by molar-refractivity contribution is 5.73. The first-order valence-electron chi connectivity index (χ1n) is 6.53. The molecule has 94 valence electrons. The van der Waals surface area contributed by atoms with Crippen molar-refractivity contribution in [3.05, 3.63) is 0 Å². The molecule has 0 aliphatic heterocycles. The molecule has 1 unspecified atom stereocenters. The standard InChI is InChI=1S/C13H24O3/c1-3-11(12(14)16-4-2)13(15)9-7-5-6-8-10-13/h11,15H,3-10H2,1-2H3. The number of rotatable bonds is 4. The Balaban J connectivity index is 2.71. The van der Waals surface area contributed by atoms with Crippen molar-refractivity contribution in [3.63, 3.8) is 0 Å². The van der Waals surface area contributed by atoms with Gasteiger partial charge in [0.15, 0.2) is 0 Å². The van der Waals surface area contributed by atoms with Crippen LogP contribution in [0.5, 0.6) is 0 Å². The molecule has 1 atom stereocenters. The van der Waals surface area contributed by atoms with Crippen LogP contribution in [0.4, 0.5) is 0 Å². The highest BCUT2D eigenvalue weighted by Gasteiger charge is 2.40. The number of hydrogen-bond donors (Lipinski definition) is 1. The van der Waals surface area contributed by atoms with Crippen molar-refractivity contribution in [1.82, 2.24) is 0 Å². The summed E-state index contributed by atoms with van der Waals surface area (Å²) >= 11 is 0. The lowest BCUT2D eigenvalue weighted by Gasteiger charge is -2.33. The molecule has 0 radical (unpaired) electrons. The monoisotopic (exact) mass is 228 g/mol. The lowest BCUT2D eigenvalue weighted by molar-refractivity contribution is -0.159. The molecule has 0 aromatic carbocycles. The Morgan fingerprint density at radius 3 is 2.25 bits per heavy atom. The molecule has 1 aliphatic rings. The molecule has 1 saturated carbocycles. The first kappa shape index (κ1) is 13.5. The first-order valence-corrected chi connectivity index (χ1v) is 6.53. The predicted molar refractivity (Wildman–Crippen MR) is 63.1 cm³/mol. The Bertz CT molecular complexity index is 217. The summed E-state index contributed by atoms with van der Waals surface area (Å²) in [6.45, 7) is 4.15. The van der Waals surface area contributed by atoms with Gasteiger partial charge in [-0.05, 0) is 26.2 Å². The van der Waals surface area contributed by atoms with Crippen molar-refractivity contribution < 1.29 is 14.6 Å². The Kier molecular flexibility index (Phi) is 5.26. The quantitative estimate of drug-likeness (QED) is 0.594. The van der Waals surface area contributed by atoms with Gasteiger partial charge in [0.1, 0.15) is 0 Å². The maximum atomic E-state index is 11.8. The molecule has 1 rings (SSSR count). The molecule has 0 spiro atoms. The Hall–Kier alpha value is -0.570. The number of carbonyl (C=O) groups is 1. The van der Waals surface area contributed by atoms with Gasteiger partial charge < -0.3 is 9.84 Å². The van der Waals surface area contributed by atoms with E-state index < -0.39 is 5.60 Å². The van der Waals surface area contributed by atoms with E-state index in [-0.39, 0.29) is 11.9 Å². The fourth-order valence-electron chi connectivity index (χ4n) is 2.70. The minimum absolute atomic E-state index is 0.227. The summed E-state index contributed by atoms with van der Waals surface area (Å²) in [6, 6.07) is 0. The zero-order valence-corrected chi connectivity index (χ0v) is 10.5. The molecule has 1 fully saturated rings. The Labute approximate surface area is 98.2 Å². The summed E-state index contributed by atoms with van der Waals surface area (Å²) in [5.74, 6) is -0.569. The van der Waals surface area contributed by atoms with E-state index in [1.165, 1.54) is 12.8 Å². The van der Waals surface area contributed by atoms with Gasteiger partial charge in [-0.2, -0.15) is 0 Å². The molecule has 0 aromatic rings. The highest BCUT2D eigenvalue weighted by Crippen LogP contribution is 2.35. The predicted octanol–water partition coefficient (Wildman–Crippen LogP) is 2.66. The van der Waals surface area contributed by atoms with Crippen LogP contribution in [-0.2, 0) is 9.53 Å². The van der Waals surface area contributed by atoms with Crippen LogP contribution in [-0.4, -0.2) is 23.3 Å². The average molecular weight is 228 g/mol. The van der Waals surface area contributed by atoms with Crippen LogP contribution in [0.2, 0.25) is 0 Å². The van der Waals surface area contributed by atoms with E-state index in [2.05, 4.69) is 0 Å². The maximum absolute atomic E-state index is 11.8. The van der Waals surface area contributed by atoms with Crippen LogP contribution in [0.15, 0.2) is 0 Å². The van der Waals surface area contributed by atoms with Crippen LogP contribution < -0.4 is 0 Å². The number of ether oxygens (including phenoxy) is 1. The zero-order valence-electron chi connectivity index (χ0n) is 10.5. The maximum Gasteiger partial charge on any atom is 0.311 e. The molecule has 1 N–H and O–H groups in total. The van der Waals surface area contributed by atoms with Crippen molar-refractivity contribution in [3.8, 4) is 0 Å². The minimum atomic E-state index is -0.822. The molecular weight excluding hydrogens is 204 g/mol. The van der Waals surface area contributed by atoms with Gasteiger partial charge in [0.05, 0.1) is 18.1 Å². The lowest BCUT2D eigenvalue weighted by atomic mass is 9.79. The third-order valence-electron chi connectivity index (χ3n) is 3.60. The van der Waals surface area contributed by atoms with Crippen molar-refractivity contribution >= 4 is 5.97 Å². The van der Waals surface area contributed by atoms with Gasteiger partial charge in [-0.3, -0.25) is 4.79 Å². The molecule has 0 saturated heterocycles. The topological polar surface area (TPSA) is 46.5 Å². The van der Waals surface area contributed by atoms with Gasteiger partial charge in [0, 0.05) is 0 Å². The van der Waals surface area contributed by atoms with Crippen LogP contribution in [0.3, 0.4) is 0 Å². The van der Waals surface area contributed by atoms with E-state index >= 15 is 0 Å². The normalized spacial score (nSPS) is 22.2. The number of esters is 1. The molecule has 0 bridgehead atoms. The van der Waals surface area contributed by atoms with Crippen molar-refractivity contribution in [1.29, 1.82) is 0 Å². The number of aliphatic hydroxyl groups is 1. The van der Waals surface area contributed by atoms with E-state index in [9.17, 15) is 9.90 Å². The molecule has 0 heterocycles. The molecular formula is C13H24O3. The summed E-state index contributed by atoms with van der Waals surface area (Å²) in [6.07, 6.45) is 6.52. The summed E-state index contributed by atoms with van der Waals surface area (Å²) in [5.41, 5.74) is -0.822. The van der Waals surface area contributed by atoms with Gasteiger partial charge in [-0.15, -0.1) is 0 Å². The van der Waals surface area contributed by atoms with E-state index in [4.69, 9.17) is 4.74 Å². The Morgan fingerprint density at radius 1 is 1.25 bits per heavy atom. The molecule has 3 nitrogen and oxygen atoms in total. The Morgan fingerprint density at radius 2 is 1.81 bits per heavy atom. The molecule has 3 heteroatoms. The van der Waals surface area contributed by atoms with Crippen LogP contribution in [0, 0.1) is 5.92 Å². The van der Waals surface area contributed by atoms with Crippen molar-refractivity contribution in [2.24, 2.45) is 5.92 Å². The molecule has 16 heavy (non-hydrogen) atoms. The van der Waals surface area contributed by atoms with Crippen molar-refractivity contribution in [2.75, 3.05) is 6.61 Å². The van der Waals surface area contributed by atoms with Gasteiger partial charge in [-0.1, -0.05) is 32.6 Å². The largest absolute Gasteiger partial charge is 0.466 e. The molecule has 0 aromatic heterocycles. The van der Waals surface area contributed by atoms with E-state index in [0.717, 1.165) is 25.7 Å². The van der Waals surface area contributed by atoms with Gasteiger partial charge in [0.2, 0.25) is 0 Å². The second-order valence-corrected chi connectivity index (χ2v) is 4.73. The van der Waals surface area contributed by atoms with Crippen LogP contribution >= 0.6 is 0 Å². The lowest BCUT2D eigenvalue weighted by Crippen LogP contribution is -2.42. The van der Waals surface area contributed by atoms with E-state index in [1.54, 1.807) is 0 Å². The smallest absolute Gasteiger partial charge is 0.311 e. The fourth-order valence-corrected chi connectivity index (χ4v) is 2.70. The average Bonchev–Trinajstić information content (AvgIpc) is 2.45. The van der Waals surface area contributed by atoms with Gasteiger partial charge >= 0.3 is 5.97 Å². The number of carbonyl (C=O) groups excluding carboxylic acids is 1. The molecule has 1 aliphatic carbocycles. The van der Waals surface area contributed by atoms with Crippen LogP contribution in [0.1, 0.15) is 58.8 Å². The highest BCUT2D eigenvalue weighted by atomic mass is 16.5.